The monoisotopic (exact) mass is 723 g/mol. The number of rotatable bonds is 41. The first-order valence-corrected chi connectivity index (χ1v) is 22.5. The fourth-order valence-electron chi connectivity index (χ4n) is 6.68. The van der Waals surface area contributed by atoms with E-state index in [0.29, 0.717) is 19.3 Å². The molecule has 0 unspecified atom stereocenters. The zero-order valence-electron chi connectivity index (χ0n) is 34.4. The van der Waals surface area contributed by atoms with E-state index in [1.165, 1.54) is 154 Å². The van der Waals surface area contributed by atoms with E-state index in [2.05, 4.69) is 20.8 Å². The van der Waals surface area contributed by atoms with Crippen molar-refractivity contribution in [1.29, 1.82) is 0 Å². The maximum Gasteiger partial charge on any atom is 0.306 e. The number of unbranched alkanes of at least 4 members (excludes halogenated alkanes) is 30. The fraction of sp³-hybridized carbons (Fsp3) is 0.933. The average Bonchev–Trinajstić information content (AvgIpc) is 3.12. The molecule has 0 saturated carbocycles. The van der Waals surface area contributed by atoms with Gasteiger partial charge in [0.2, 0.25) is 0 Å². The topological polar surface area (TPSA) is 78.9 Å². The third-order valence-electron chi connectivity index (χ3n) is 10.1. The van der Waals surface area contributed by atoms with E-state index in [4.69, 9.17) is 14.2 Å². The molecule has 0 fully saturated rings. The van der Waals surface area contributed by atoms with Crippen LogP contribution in [-0.2, 0) is 28.6 Å². The zero-order chi connectivity index (χ0) is 37.3. The molecule has 0 rings (SSSR count). The van der Waals surface area contributed by atoms with E-state index in [0.717, 1.165) is 57.8 Å². The minimum atomic E-state index is -0.756. The van der Waals surface area contributed by atoms with Gasteiger partial charge in [-0.2, -0.15) is 0 Å². The van der Waals surface area contributed by atoms with E-state index < -0.39 is 6.10 Å². The quantitative estimate of drug-likeness (QED) is 0.0355. The fourth-order valence-corrected chi connectivity index (χ4v) is 6.68. The molecule has 0 aliphatic rings. The normalized spacial score (nSPS) is 11.8. The molecule has 0 amide bonds. The molecule has 0 heterocycles. The summed E-state index contributed by atoms with van der Waals surface area (Å²) in [6, 6.07) is 0. The van der Waals surface area contributed by atoms with Gasteiger partial charge in [-0.25, -0.2) is 0 Å². The lowest BCUT2D eigenvalue weighted by molar-refractivity contribution is -0.167. The Morgan fingerprint density at radius 2 is 0.529 bits per heavy atom. The van der Waals surface area contributed by atoms with Gasteiger partial charge < -0.3 is 14.2 Å². The van der Waals surface area contributed by atoms with Crippen molar-refractivity contribution in [3.05, 3.63) is 0 Å². The first kappa shape index (κ1) is 49.4. The number of esters is 3. The highest BCUT2D eigenvalue weighted by Crippen LogP contribution is 2.16. The summed E-state index contributed by atoms with van der Waals surface area (Å²) in [4.78, 5) is 37.5. The molecule has 51 heavy (non-hydrogen) atoms. The van der Waals surface area contributed by atoms with Crippen molar-refractivity contribution in [2.45, 2.75) is 258 Å². The molecule has 0 aliphatic carbocycles. The molecule has 6 nitrogen and oxygen atoms in total. The predicted molar refractivity (Wildman–Crippen MR) is 215 cm³/mol. The molecule has 6 heteroatoms. The molecule has 0 aliphatic heterocycles. The molecule has 0 bridgehead atoms. The molecular formula is C45H86O6. The molecular weight excluding hydrogens is 636 g/mol. The van der Waals surface area contributed by atoms with Gasteiger partial charge in [-0.05, 0) is 19.3 Å². The predicted octanol–water partition coefficient (Wildman–Crippen LogP) is 14.1. The Balaban J connectivity index is 4.17. The van der Waals surface area contributed by atoms with E-state index in [1.54, 1.807) is 0 Å². The Morgan fingerprint density at radius 3 is 0.784 bits per heavy atom. The van der Waals surface area contributed by atoms with Crippen LogP contribution in [0.4, 0.5) is 0 Å². The SMILES string of the molecule is CCCCCCCCCCCCCCCCCCCC(=O)OC[C@H](COC(=O)CCCCCCCCC)OC(=O)CCCCCCCCCCC. The summed E-state index contributed by atoms with van der Waals surface area (Å²) in [7, 11) is 0. The van der Waals surface area contributed by atoms with Crippen molar-refractivity contribution in [3.63, 3.8) is 0 Å². The van der Waals surface area contributed by atoms with Crippen LogP contribution in [-0.4, -0.2) is 37.2 Å². The van der Waals surface area contributed by atoms with E-state index in [9.17, 15) is 14.4 Å². The highest BCUT2D eigenvalue weighted by atomic mass is 16.6. The zero-order valence-corrected chi connectivity index (χ0v) is 34.4. The number of hydrogen-bond donors (Lipinski definition) is 0. The van der Waals surface area contributed by atoms with Gasteiger partial charge in [0.05, 0.1) is 0 Å². The van der Waals surface area contributed by atoms with E-state index in [-0.39, 0.29) is 31.1 Å². The van der Waals surface area contributed by atoms with Gasteiger partial charge in [-0.15, -0.1) is 0 Å². The Morgan fingerprint density at radius 1 is 0.314 bits per heavy atom. The van der Waals surface area contributed by atoms with Crippen molar-refractivity contribution in [1.82, 2.24) is 0 Å². The van der Waals surface area contributed by atoms with Crippen LogP contribution in [0.25, 0.3) is 0 Å². The molecule has 1 atom stereocenters. The minimum Gasteiger partial charge on any atom is -0.462 e. The highest BCUT2D eigenvalue weighted by Gasteiger charge is 2.19. The number of carbonyl (C=O) groups is 3. The van der Waals surface area contributed by atoms with E-state index in [1.807, 2.05) is 0 Å². The molecule has 0 aromatic rings. The van der Waals surface area contributed by atoms with Crippen LogP contribution >= 0.6 is 0 Å². The van der Waals surface area contributed by atoms with Gasteiger partial charge in [0.15, 0.2) is 6.10 Å². The van der Waals surface area contributed by atoms with Crippen molar-refractivity contribution in [3.8, 4) is 0 Å². The van der Waals surface area contributed by atoms with Gasteiger partial charge in [-0.3, -0.25) is 14.4 Å². The number of carbonyl (C=O) groups excluding carboxylic acids is 3. The Kier molecular flexibility index (Phi) is 39.9. The second-order valence-electron chi connectivity index (χ2n) is 15.3. The van der Waals surface area contributed by atoms with Crippen LogP contribution in [0, 0.1) is 0 Å². The molecule has 0 spiro atoms. The lowest BCUT2D eigenvalue weighted by Crippen LogP contribution is -2.30. The second-order valence-corrected chi connectivity index (χ2v) is 15.3. The van der Waals surface area contributed by atoms with Gasteiger partial charge in [0.1, 0.15) is 13.2 Å². The molecule has 0 N–H and O–H groups in total. The Hall–Kier alpha value is -1.59. The lowest BCUT2D eigenvalue weighted by atomic mass is 10.0. The van der Waals surface area contributed by atoms with Crippen molar-refractivity contribution in [2.75, 3.05) is 13.2 Å². The Bertz CT molecular complexity index is 753. The summed E-state index contributed by atoms with van der Waals surface area (Å²) in [6.07, 6.45) is 41.0. The van der Waals surface area contributed by atoms with Crippen molar-refractivity contribution >= 4 is 17.9 Å². The smallest absolute Gasteiger partial charge is 0.306 e. The van der Waals surface area contributed by atoms with Crippen LogP contribution in [0.3, 0.4) is 0 Å². The first-order valence-electron chi connectivity index (χ1n) is 22.5. The second kappa shape index (κ2) is 41.2. The summed E-state index contributed by atoms with van der Waals surface area (Å²) in [5.41, 5.74) is 0. The van der Waals surface area contributed by atoms with Crippen molar-refractivity contribution in [2.24, 2.45) is 0 Å². The maximum atomic E-state index is 12.6. The van der Waals surface area contributed by atoms with Crippen LogP contribution in [0.2, 0.25) is 0 Å². The van der Waals surface area contributed by atoms with Gasteiger partial charge in [0, 0.05) is 19.3 Å². The average molecular weight is 723 g/mol. The van der Waals surface area contributed by atoms with Crippen molar-refractivity contribution < 1.29 is 28.6 Å². The van der Waals surface area contributed by atoms with Gasteiger partial charge >= 0.3 is 17.9 Å². The third-order valence-corrected chi connectivity index (χ3v) is 10.1. The summed E-state index contributed by atoms with van der Waals surface area (Å²) >= 11 is 0. The number of hydrogen-bond acceptors (Lipinski definition) is 6. The largest absolute Gasteiger partial charge is 0.462 e. The molecule has 0 saturated heterocycles. The molecule has 302 valence electrons. The van der Waals surface area contributed by atoms with Gasteiger partial charge in [0.25, 0.3) is 0 Å². The molecule has 0 aromatic heterocycles. The summed E-state index contributed by atoms with van der Waals surface area (Å²) in [5, 5.41) is 0. The number of ether oxygens (including phenoxy) is 3. The summed E-state index contributed by atoms with van der Waals surface area (Å²) in [5.74, 6) is -0.862. The Labute approximate surface area is 317 Å². The third kappa shape index (κ3) is 39.5. The summed E-state index contributed by atoms with van der Waals surface area (Å²) < 4.78 is 16.6. The standard InChI is InChI=1S/C45H86O6/c1-4-7-10-13-16-18-19-20-21-22-23-24-25-27-29-32-35-38-44(47)50-41-42(40-49-43(46)37-34-31-28-15-12-9-6-3)51-45(48)39-36-33-30-26-17-14-11-8-5-2/h42H,4-41H2,1-3H3/t42-/m0/s1. The first-order chi connectivity index (χ1) is 25.0. The van der Waals surface area contributed by atoms with E-state index >= 15 is 0 Å². The molecule has 0 radical (unpaired) electrons. The van der Waals surface area contributed by atoms with Crippen LogP contribution < -0.4 is 0 Å². The maximum absolute atomic E-state index is 12.6. The van der Waals surface area contributed by atoms with Crippen LogP contribution in [0.1, 0.15) is 252 Å². The van der Waals surface area contributed by atoms with Gasteiger partial charge in [-0.1, -0.05) is 213 Å². The molecule has 0 aromatic carbocycles. The lowest BCUT2D eigenvalue weighted by Gasteiger charge is -2.18. The summed E-state index contributed by atoms with van der Waals surface area (Å²) in [6.45, 7) is 6.59. The minimum absolute atomic E-state index is 0.0635. The van der Waals surface area contributed by atoms with Crippen LogP contribution in [0.5, 0.6) is 0 Å². The highest BCUT2D eigenvalue weighted by molar-refractivity contribution is 5.71. The van der Waals surface area contributed by atoms with Crippen LogP contribution in [0.15, 0.2) is 0 Å².